The van der Waals surface area contributed by atoms with Gasteiger partial charge >= 0.3 is 0 Å². The number of benzene rings is 1. The predicted molar refractivity (Wildman–Crippen MR) is 88.6 cm³/mol. The maximum Gasteiger partial charge on any atom is 0.253 e. The fourth-order valence-corrected chi connectivity index (χ4v) is 2.93. The minimum Gasteiger partial charge on any atom is -0.351 e. The molecule has 1 unspecified atom stereocenters. The van der Waals surface area contributed by atoms with Gasteiger partial charge in [0.2, 0.25) is 0 Å². The molecule has 1 heterocycles. The highest BCUT2D eigenvalue weighted by Gasteiger charge is 2.34. The van der Waals surface area contributed by atoms with Crippen LogP contribution in [0.1, 0.15) is 32.4 Å². The van der Waals surface area contributed by atoms with E-state index in [1.165, 1.54) is 18.2 Å². The van der Waals surface area contributed by atoms with Crippen LogP contribution in [0.3, 0.4) is 0 Å². The molecule has 1 aliphatic heterocycles. The molecule has 1 aromatic carbocycles. The summed E-state index contributed by atoms with van der Waals surface area (Å²) in [5.41, 5.74) is 0.566. The summed E-state index contributed by atoms with van der Waals surface area (Å²) in [6.07, 6.45) is 0. The van der Waals surface area contributed by atoms with Gasteiger partial charge in [-0.1, -0.05) is 6.07 Å². The van der Waals surface area contributed by atoms with E-state index in [1.54, 1.807) is 11.8 Å². The Labute approximate surface area is 139 Å². The van der Waals surface area contributed by atoms with E-state index >= 15 is 0 Å². The highest BCUT2D eigenvalue weighted by Crippen LogP contribution is 2.31. The van der Waals surface area contributed by atoms with Crippen molar-refractivity contribution < 1.29 is 13.6 Å². The van der Waals surface area contributed by atoms with Gasteiger partial charge in [-0.3, -0.25) is 4.79 Å². The molecular formula is C16H19F2N3OS. The van der Waals surface area contributed by atoms with Gasteiger partial charge in [0.25, 0.3) is 5.91 Å². The zero-order valence-electron chi connectivity index (χ0n) is 13.2. The summed E-state index contributed by atoms with van der Waals surface area (Å²) in [5.74, 6) is -1.71. The van der Waals surface area contributed by atoms with Crippen LogP contribution in [0.15, 0.2) is 29.5 Å². The third-order valence-corrected chi connectivity index (χ3v) is 4.06. The van der Waals surface area contributed by atoms with Gasteiger partial charge in [-0.25, -0.2) is 8.78 Å². The smallest absolute Gasteiger partial charge is 0.253 e. The summed E-state index contributed by atoms with van der Waals surface area (Å²) in [5, 5.41) is 5.90. The largest absolute Gasteiger partial charge is 0.351 e. The van der Waals surface area contributed by atoms with Crippen LogP contribution in [0.5, 0.6) is 0 Å². The monoisotopic (exact) mass is 339 g/mol. The molecule has 0 saturated heterocycles. The molecule has 0 fully saturated rings. The lowest BCUT2D eigenvalue weighted by atomic mass is 9.93. The van der Waals surface area contributed by atoms with E-state index in [9.17, 15) is 13.6 Å². The van der Waals surface area contributed by atoms with Crippen LogP contribution in [-0.2, 0) is 4.79 Å². The number of allylic oxidation sites excluding steroid dienone is 1. The van der Waals surface area contributed by atoms with Gasteiger partial charge < -0.3 is 15.5 Å². The number of carbonyl (C=O) groups is 1. The number of hydrogen-bond acceptors (Lipinski definition) is 2. The SMILES string of the molecule is CCN(CC)C(=O)C1=C(C)NC(=S)NC1c1c(F)cccc1F. The van der Waals surface area contributed by atoms with E-state index in [0.717, 1.165) is 0 Å². The second-order valence-electron chi connectivity index (χ2n) is 5.18. The molecular weight excluding hydrogens is 320 g/mol. The summed E-state index contributed by atoms with van der Waals surface area (Å²) in [4.78, 5) is 14.4. The van der Waals surface area contributed by atoms with Crippen LogP contribution in [0.4, 0.5) is 8.78 Å². The van der Waals surface area contributed by atoms with Gasteiger partial charge in [0.05, 0.1) is 17.2 Å². The second-order valence-corrected chi connectivity index (χ2v) is 5.59. The predicted octanol–water partition coefficient (Wildman–Crippen LogP) is 2.63. The van der Waals surface area contributed by atoms with Crippen molar-refractivity contribution in [2.24, 2.45) is 0 Å². The lowest BCUT2D eigenvalue weighted by Gasteiger charge is -2.33. The van der Waals surface area contributed by atoms with Gasteiger partial charge in [-0.15, -0.1) is 0 Å². The molecule has 2 N–H and O–H groups in total. The Morgan fingerprint density at radius 1 is 1.26 bits per heavy atom. The number of nitrogens with one attached hydrogen (secondary N) is 2. The molecule has 0 bridgehead atoms. The molecule has 1 atom stereocenters. The van der Waals surface area contributed by atoms with Crippen molar-refractivity contribution in [3.63, 3.8) is 0 Å². The number of hydrogen-bond donors (Lipinski definition) is 2. The third-order valence-electron chi connectivity index (χ3n) is 3.84. The van der Waals surface area contributed by atoms with Crippen molar-refractivity contribution in [1.29, 1.82) is 0 Å². The first-order valence-corrected chi connectivity index (χ1v) is 7.82. The fraction of sp³-hybridized carbons (Fsp3) is 0.375. The normalized spacial score (nSPS) is 17.6. The molecule has 0 aliphatic carbocycles. The highest BCUT2D eigenvalue weighted by atomic mass is 32.1. The molecule has 23 heavy (non-hydrogen) atoms. The van der Waals surface area contributed by atoms with Crippen molar-refractivity contribution in [2.75, 3.05) is 13.1 Å². The molecule has 0 aromatic heterocycles. The third kappa shape index (κ3) is 3.34. The standard InChI is InChI=1S/C16H19F2N3OS/c1-4-21(5-2)15(22)12-9(3)19-16(23)20-14(12)13-10(17)7-6-8-11(13)18/h6-8,14H,4-5H2,1-3H3,(H2,19,20,23). The first-order chi connectivity index (χ1) is 10.9. The number of nitrogens with zero attached hydrogens (tertiary/aromatic N) is 1. The number of halogens is 2. The highest BCUT2D eigenvalue weighted by molar-refractivity contribution is 7.80. The first kappa shape index (κ1) is 17.3. The van der Waals surface area contributed by atoms with Crippen LogP contribution in [0.2, 0.25) is 0 Å². The molecule has 7 heteroatoms. The second kappa shape index (κ2) is 7.04. The fourth-order valence-electron chi connectivity index (χ4n) is 2.66. The molecule has 2 rings (SSSR count). The molecule has 1 aliphatic rings. The minimum absolute atomic E-state index is 0.203. The van der Waals surface area contributed by atoms with E-state index < -0.39 is 17.7 Å². The average molecular weight is 339 g/mol. The van der Waals surface area contributed by atoms with E-state index in [2.05, 4.69) is 10.6 Å². The summed E-state index contributed by atoms with van der Waals surface area (Å²) < 4.78 is 28.4. The van der Waals surface area contributed by atoms with Crippen LogP contribution >= 0.6 is 12.2 Å². The lowest BCUT2D eigenvalue weighted by Crippen LogP contribution is -2.48. The lowest BCUT2D eigenvalue weighted by molar-refractivity contribution is -0.127. The zero-order chi connectivity index (χ0) is 17.1. The Morgan fingerprint density at radius 2 is 1.83 bits per heavy atom. The van der Waals surface area contributed by atoms with Crippen LogP contribution in [0, 0.1) is 11.6 Å². The Morgan fingerprint density at radius 3 is 2.35 bits per heavy atom. The quantitative estimate of drug-likeness (QED) is 0.828. The summed E-state index contributed by atoms with van der Waals surface area (Å²) in [6, 6.07) is 2.66. The Bertz CT molecular complexity index is 651. The number of likely N-dealkylation sites (N-methyl/N-ethyl adjacent to an activating group) is 1. The molecule has 0 radical (unpaired) electrons. The van der Waals surface area contributed by atoms with Crippen molar-refractivity contribution >= 4 is 23.2 Å². The molecule has 1 aromatic rings. The van der Waals surface area contributed by atoms with Crippen LogP contribution < -0.4 is 10.6 Å². The van der Waals surface area contributed by atoms with Gasteiger partial charge in [0.15, 0.2) is 5.11 Å². The number of rotatable bonds is 4. The van der Waals surface area contributed by atoms with E-state index in [0.29, 0.717) is 18.8 Å². The van der Waals surface area contributed by atoms with Crippen molar-refractivity contribution in [3.8, 4) is 0 Å². The Kier molecular flexibility index (Phi) is 5.30. The van der Waals surface area contributed by atoms with Crippen molar-refractivity contribution in [2.45, 2.75) is 26.8 Å². The number of carbonyl (C=O) groups excluding carboxylic acids is 1. The summed E-state index contributed by atoms with van der Waals surface area (Å²) in [7, 11) is 0. The molecule has 124 valence electrons. The van der Waals surface area contributed by atoms with Gasteiger partial charge in [-0.05, 0) is 45.1 Å². The van der Waals surface area contributed by atoms with Crippen molar-refractivity contribution in [3.05, 3.63) is 46.7 Å². The number of thiocarbonyl (C=S) groups is 1. The maximum absolute atomic E-state index is 14.2. The Balaban J connectivity index is 2.57. The van der Waals surface area contributed by atoms with E-state index in [4.69, 9.17) is 12.2 Å². The van der Waals surface area contributed by atoms with Crippen LogP contribution in [-0.4, -0.2) is 29.0 Å². The van der Waals surface area contributed by atoms with Gasteiger partial charge in [-0.2, -0.15) is 0 Å². The maximum atomic E-state index is 14.2. The Hall–Kier alpha value is -2.02. The molecule has 0 saturated carbocycles. The molecule has 1 amide bonds. The first-order valence-electron chi connectivity index (χ1n) is 7.42. The minimum atomic E-state index is -0.960. The zero-order valence-corrected chi connectivity index (χ0v) is 14.1. The van der Waals surface area contributed by atoms with Gasteiger partial charge in [0.1, 0.15) is 11.6 Å². The average Bonchev–Trinajstić information content (AvgIpc) is 2.47. The van der Waals surface area contributed by atoms with E-state index in [-0.39, 0.29) is 22.2 Å². The topological polar surface area (TPSA) is 44.4 Å². The summed E-state index contributed by atoms with van der Waals surface area (Å²) >= 11 is 5.08. The van der Waals surface area contributed by atoms with Gasteiger partial charge in [0, 0.05) is 18.8 Å². The molecule has 0 spiro atoms. The summed E-state index contributed by atoms with van der Waals surface area (Å²) in [6.45, 7) is 6.39. The van der Waals surface area contributed by atoms with E-state index in [1.807, 2.05) is 13.8 Å². The van der Waals surface area contributed by atoms with Crippen LogP contribution in [0.25, 0.3) is 0 Å². The molecule has 4 nitrogen and oxygen atoms in total. The van der Waals surface area contributed by atoms with Crippen molar-refractivity contribution in [1.82, 2.24) is 15.5 Å². The number of amides is 1.